The topological polar surface area (TPSA) is 103 Å². The highest BCUT2D eigenvalue weighted by Gasteiger charge is 2.31. The summed E-state index contributed by atoms with van der Waals surface area (Å²) in [6.07, 6.45) is -2.24. The average Bonchev–Trinajstić information content (AvgIpc) is 2.55. The molecule has 0 aromatic heterocycles. The SMILES string of the molecule is COCCNC(=O)[C@H](C)OC(=O)C[C@H]1Oc2ccccc2NC1=O. The molecular weight excluding hydrogens is 316 g/mol. The van der Waals surface area contributed by atoms with Crippen molar-refractivity contribution in [3.05, 3.63) is 24.3 Å². The molecular formula is C16H20N2O6. The second kappa shape index (κ2) is 8.30. The van der Waals surface area contributed by atoms with Crippen LogP contribution in [0, 0.1) is 0 Å². The number of ether oxygens (including phenoxy) is 3. The zero-order valence-corrected chi connectivity index (χ0v) is 13.5. The number of methoxy groups -OCH3 is 1. The summed E-state index contributed by atoms with van der Waals surface area (Å²) < 4.78 is 15.3. The maximum absolute atomic E-state index is 11.9. The molecule has 1 aliphatic heterocycles. The average molecular weight is 336 g/mol. The fourth-order valence-corrected chi connectivity index (χ4v) is 2.10. The predicted molar refractivity (Wildman–Crippen MR) is 84.5 cm³/mol. The van der Waals surface area contributed by atoms with Gasteiger partial charge in [-0.05, 0) is 19.1 Å². The van der Waals surface area contributed by atoms with Crippen molar-refractivity contribution in [1.29, 1.82) is 0 Å². The molecule has 2 rings (SSSR count). The molecule has 1 aliphatic rings. The van der Waals surface area contributed by atoms with Crippen molar-refractivity contribution in [2.24, 2.45) is 0 Å². The molecule has 0 spiro atoms. The molecule has 0 radical (unpaired) electrons. The van der Waals surface area contributed by atoms with Gasteiger partial charge < -0.3 is 24.8 Å². The zero-order chi connectivity index (χ0) is 17.5. The van der Waals surface area contributed by atoms with Gasteiger partial charge in [-0.3, -0.25) is 14.4 Å². The third-order valence-electron chi connectivity index (χ3n) is 3.34. The van der Waals surface area contributed by atoms with Gasteiger partial charge in [0, 0.05) is 13.7 Å². The Labute approximate surface area is 139 Å². The van der Waals surface area contributed by atoms with E-state index in [-0.39, 0.29) is 6.42 Å². The van der Waals surface area contributed by atoms with E-state index in [9.17, 15) is 14.4 Å². The zero-order valence-electron chi connectivity index (χ0n) is 13.5. The Hall–Kier alpha value is -2.61. The molecule has 0 unspecified atom stereocenters. The fraction of sp³-hybridized carbons (Fsp3) is 0.438. The monoisotopic (exact) mass is 336 g/mol. The number of benzene rings is 1. The minimum absolute atomic E-state index is 0.282. The van der Waals surface area contributed by atoms with Crippen molar-refractivity contribution < 1.29 is 28.6 Å². The summed E-state index contributed by atoms with van der Waals surface area (Å²) in [5.74, 6) is -1.06. The van der Waals surface area contributed by atoms with Gasteiger partial charge in [0.15, 0.2) is 12.2 Å². The first kappa shape index (κ1) is 17.7. The molecule has 1 heterocycles. The van der Waals surface area contributed by atoms with E-state index in [1.807, 2.05) is 0 Å². The molecule has 0 saturated heterocycles. The van der Waals surface area contributed by atoms with Gasteiger partial charge in [0.1, 0.15) is 5.75 Å². The number of nitrogens with one attached hydrogen (secondary N) is 2. The molecule has 2 amide bonds. The van der Waals surface area contributed by atoms with Crippen molar-refractivity contribution in [3.8, 4) is 5.75 Å². The van der Waals surface area contributed by atoms with E-state index in [0.29, 0.717) is 24.6 Å². The minimum Gasteiger partial charge on any atom is -0.478 e. The highest BCUT2D eigenvalue weighted by atomic mass is 16.6. The van der Waals surface area contributed by atoms with Crippen LogP contribution >= 0.6 is 0 Å². The van der Waals surface area contributed by atoms with E-state index >= 15 is 0 Å². The number of carbonyl (C=O) groups excluding carboxylic acids is 3. The minimum atomic E-state index is -0.990. The van der Waals surface area contributed by atoms with Crippen LogP contribution in [0.2, 0.25) is 0 Å². The molecule has 8 nitrogen and oxygen atoms in total. The highest BCUT2D eigenvalue weighted by molar-refractivity contribution is 5.99. The number of amides is 2. The fourth-order valence-electron chi connectivity index (χ4n) is 2.10. The van der Waals surface area contributed by atoms with Gasteiger partial charge in [0.2, 0.25) is 0 Å². The van der Waals surface area contributed by atoms with Gasteiger partial charge in [0.25, 0.3) is 11.8 Å². The number of hydrogen-bond acceptors (Lipinski definition) is 6. The van der Waals surface area contributed by atoms with Crippen molar-refractivity contribution in [3.63, 3.8) is 0 Å². The van der Waals surface area contributed by atoms with Crippen molar-refractivity contribution in [1.82, 2.24) is 5.32 Å². The molecule has 1 aromatic carbocycles. The van der Waals surface area contributed by atoms with E-state index in [2.05, 4.69) is 10.6 Å². The van der Waals surface area contributed by atoms with Crippen molar-refractivity contribution in [2.45, 2.75) is 25.6 Å². The van der Waals surface area contributed by atoms with Crippen LogP contribution in [-0.2, 0) is 23.9 Å². The number of esters is 1. The Morgan fingerprint density at radius 2 is 2.12 bits per heavy atom. The van der Waals surface area contributed by atoms with Crippen LogP contribution in [0.25, 0.3) is 0 Å². The number of para-hydroxylation sites is 2. The summed E-state index contributed by atoms with van der Waals surface area (Å²) >= 11 is 0. The van der Waals surface area contributed by atoms with E-state index in [0.717, 1.165) is 0 Å². The molecule has 2 N–H and O–H groups in total. The normalized spacial score (nSPS) is 17.1. The molecule has 24 heavy (non-hydrogen) atoms. The maximum Gasteiger partial charge on any atom is 0.310 e. The lowest BCUT2D eigenvalue weighted by atomic mass is 10.1. The van der Waals surface area contributed by atoms with Gasteiger partial charge in [0.05, 0.1) is 18.7 Å². The first-order chi connectivity index (χ1) is 11.5. The van der Waals surface area contributed by atoms with Crippen molar-refractivity contribution in [2.75, 3.05) is 25.6 Å². The smallest absolute Gasteiger partial charge is 0.310 e. The van der Waals surface area contributed by atoms with Gasteiger partial charge >= 0.3 is 5.97 Å². The van der Waals surface area contributed by atoms with Crippen LogP contribution in [-0.4, -0.2) is 50.3 Å². The second-order valence-corrected chi connectivity index (χ2v) is 5.21. The van der Waals surface area contributed by atoms with Crippen LogP contribution in [0.4, 0.5) is 5.69 Å². The van der Waals surface area contributed by atoms with Gasteiger partial charge in [-0.1, -0.05) is 12.1 Å². The Kier molecular flexibility index (Phi) is 6.14. The van der Waals surface area contributed by atoms with E-state index in [1.165, 1.54) is 14.0 Å². The van der Waals surface area contributed by atoms with Gasteiger partial charge in [-0.15, -0.1) is 0 Å². The number of anilines is 1. The molecule has 1 aromatic rings. The lowest BCUT2D eigenvalue weighted by Gasteiger charge is -2.25. The highest BCUT2D eigenvalue weighted by Crippen LogP contribution is 2.29. The lowest BCUT2D eigenvalue weighted by Crippen LogP contribution is -2.41. The Bertz CT molecular complexity index is 618. The van der Waals surface area contributed by atoms with Crippen LogP contribution in [0.1, 0.15) is 13.3 Å². The second-order valence-electron chi connectivity index (χ2n) is 5.21. The summed E-state index contributed by atoms with van der Waals surface area (Å²) in [6, 6.07) is 6.92. The quantitative estimate of drug-likeness (QED) is 0.554. The standard InChI is InChI=1S/C16H20N2O6/c1-10(15(20)17-7-8-22-2)23-14(19)9-13-16(21)18-11-5-3-4-6-12(11)24-13/h3-6,10,13H,7-9H2,1-2H3,(H,17,20)(H,18,21)/t10-,13+/m0/s1. The Morgan fingerprint density at radius 3 is 2.88 bits per heavy atom. The molecule has 130 valence electrons. The summed E-state index contributed by atoms with van der Waals surface area (Å²) in [4.78, 5) is 35.6. The van der Waals surface area contributed by atoms with Crippen LogP contribution in [0.3, 0.4) is 0 Å². The molecule has 0 bridgehead atoms. The molecule has 8 heteroatoms. The van der Waals surface area contributed by atoms with Gasteiger partial charge in [-0.25, -0.2) is 0 Å². The maximum atomic E-state index is 11.9. The summed E-state index contributed by atoms with van der Waals surface area (Å²) in [5, 5.41) is 5.22. The third-order valence-corrected chi connectivity index (χ3v) is 3.34. The molecule has 0 aliphatic carbocycles. The predicted octanol–water partition coefficient (Wildman–Crippen LogP) is 0.470. The first-order valence-corrected chi connectivity index (χ1v) is 7.54. The third kappa shape index (κ3) is 4.69. The number of hydrogen-bond donors (Lipinski definition) is 2. The number of carbonyl (C=O) groups is 3. The number of rotatable bonds is 7. The molecule has 0 saturated carbocycles. The number of fused-ring (bicyclic) bond motifs is 1. The summed E-state index contributed by atoms with van der Waals surface area (Å²) in [7, 11) is 1.52. The first-order valence-electron chi connectivity index (χ1n) is 7.54. The van der Waals surface area contributed by atoms with E-state index in [1.54, 1.807) is 24.3 Å². The summed E-state index contributed by atoms with van der Waals surface area (Å²) in [6.45, 7) is 2.14. The van der Waals surface area contributed by atoms with E-state index < -0.39 is 30.0 Å². The molecule has 2 atom stereocenters. The van der Waals surface area contributed by atoms with Gasteiger partial charge in [-0.2, -0.15) is 0 Å². The van der Waals surface area contributed by atoms with E-state index in [4.69, 9.17) is 14.2 Å². The Morgan fingerprint density at radius 1 is 1.38 bits per heavy atom. The van der Waals surface area contributed by atoms with Crippen LogP contribution in [0.15, 0.2) is 24.3 Å². The van der Waals surface area contributed by atoms with Crippen LogP contribution < -0.4 is 15.4 Å². The Balaban J connectivity index is 1.84. The summed E-state index contributed by atoms with van der Waals surface area (Å²) in [5.41, 5.74) is 0.554. The molecule has 0 fully saturated rings. The van der Waals surface area contributed by atoms with Crippen molar-refractivity contribution >= 4 is 23.5 Å². The largest absolute Gasteiger partial charge is 0.478 e. The van der Waals surface area contributed by atoms with Crippen LogP contribution in [0.5, 0.6) is 5.75 Å². The lowest BCUT2D eigenvalue weighted by molar-refractivity contribution is -0.157.